The highest BCUT2D eigenvalue weighted by Crippen LogP contribution is 2.28. The van der Waals surface area contributed by atoms with Gasteiger partial charge in [-0.05, 0) is 37.5 Å². The number of halogens is 2. The van der Waals surface area contributed by atoms with E-state index in [0.29, 0.717) is 28.6 Å². The van der Waals surface area contributed by atoms with Gasteiger partial charge in [-0.15, -0.1) is 12.4 Å². The summed E-state index contributed by atoms with van der Waals surface area (Å²) in [5, 5.41) is 0.436. The lowest BCUT2D eigenvalue weighted by Crippen LogP contribution is -2.47. The Bertz CT molecular complexity index is 563. The molecule has 7 heteroatoms. The molecule has 1 fully saturated rings. The van der Waals surface area contributed by atoms with E-state index < -0.39 is 10.0 Å². The van der Waals surface area contributed by atoms with Crippen molar-refractivity contribution in [2.75, 3.05) is 13.1 Å². The van der Waals surface area contributed by atoms with Gasteiger partial charge in [0.2, 0.25) is 10.0 Å². The third kappa shape index (κ3) is 3.46. The first kappa shape index (κ1) is 17.7. The second-order valence-electron chi connectivity index (χ2n) is 4.91. The van der Waals surface area contributed by atoms with E-state index in [1.165, 1.54) is 10.4 Å². The number of hydrogen-bond acceptors (Lipinski definition) is 3. The monoisotopic (exact) mass is 338 g/mol. The predicted molar refractivity (Wildman–Crippen MR) is 84.0 cm³/mol. The van der Waals surface area contributed by atoms with Crippen LogP contribution in [0.3, 0.4) is 0 Å². The fourth-order valence-corrected chi connectivity index (χ4v) is 4.70. The number of rotatable bonds is 3. The summed E-state index contributed by atoms with van der Waals surface area (Å²) in [6.45, 7) is 2.68. The summed E-state index contributed by atoms with van der Waals surface area (Å²) in [5.74, 6) is 0. The van der Waals surface area contributed by atoms with Crippen molar-refractivity contribution in [2.45, 2.75) is 37.1 Å². The molecule has 20 heavy (non-hydrogen) atoms. The maximum absolute atomic E-state index is 12.7. The minimum absolute atomic E-state index is 0. The van der Waals surface area contributed by atoms with Crippen LogP contribution in [-0.4, -0.2) is 31.9 Å². The van der Waals surface area contributed by atoms with Gasteiger partial charge in [0.05, 0.1) is 4.90 Å². The highest BCUT2D eigenvalue weighted by Gasteiger charge is 2.33. The lowest BCUT2D eigenvalue weighted by atomic mass is 10.1. The van der Waals surface area contributed by atoms with Crippen molar-refractivity contribution in [1.29, 1.82) is 0 Å². The maximum atomic E-state index is 12.7. The summed E-state index contributed by atoms with van der Waals surface area (Å²) in [6.07, 6.45) is 2.74. The normalized spacial score (nSPS) is 20.4. The Morgan fingerprint density at radius 3 is 2.75 bits per heavy atom. The third-order valence-corrected chi connectivity index (χ3v) is 5.91. The average molecular weight is 339 g/mol. The number of nitrogens with zero attached hydrogens (tertiary/aromatic N) is 1. The summed E-state index contributed by atoms with van der Waals surface area (Å²) in [5.41, 5.74) is 6.42. The maximum Gasteiger partial charge on any atom is 0.243 e. The number of benzene rings is 1. The highest BCUT2D eigenvalue weighted by atomic mass is 35.5. The minimum Gasteiger partial charge on any atom is -0.329 e. The minimum atomic E-state index is -3.51. The zero-order chi connectivity index (χ0) is 14.0. The van der Waals surface area contributed by atoms with Crippen molar-refractivity contribution in [3.63, 3.8) is 0 Å². The first-order valence-electron chi connectivity index (χ1n) is 6.45. The van der Waals surface area contributed by atoms with E-state index in [-0.39, 0.29) is 18.4 Å². The quantitative estimate of drug-likeness (QED) is 0.921. The van der Waals surface area contributed by atoms with E-state index in [1.807, 2.05) is 0 Å². The van der Waals surface area contributed by atoms with Gasteiger partial charge in [0.1, 0.15) is 0 Å². The van der Waals surface area contributed by atoms with Gasteiger partial charge < -0.3 is 5.73 Å². The molecular formula is C13H20Cl2N2O2S. The zero-order valence-electron chi connectivity index (χ0n) is 11.4. The fraction of sp³-hybridized carbons (Fsp3) is 0.538. The molecule has 0 saturated carbocycles. The molecule has 1 atom stereocenters. The van der Waals surface area contributed by atoms with Crippen molar-refractivity contribution in [3.05, 3.63) is 28.8 Å². The Morgan fingerprint density at radius 2 is 2.10 bits per heavy atom. The highest BCUT2D eigenvalue weighted by molar-refractivity contribution is 7.89. The molecule has 114 valence electrons. The van der Waals surface area contributed by atoms with Gasteiger partial charge in [0.25, 0.3) is 0 Å². The van der Waals surface area contributed by atoms with Crippen LogP contribution < -0.4 is 5.73 Å². The van der Waals surface area contributed by atoms with E-state index in [0.717, 1.165) is 19.3 Å². The molecule has 1 aliphatic heterocycles. The molecule has 1 unspecified atom stereocenters. The van der Waals surface area contributed by atoms with Crippen molar-refractivity contribution in [1.82, 2.24) is 4.31 Å². The molecule has 4 nitrogen and oxygen atoms in total. The predicted octanol–water partition coefficient (Wildman–Crippen LogP) is 2.57. The smallest absolute Gasteiger partial charge is 0.243 e. The summed E-state index contributed by atoms with van der Waals surface area (Å²) in [6, 6.07) is 4.86. The van der Waals surface area contributed by atoms with Crippen LogP contribution in [0.4, 0.5) is 0 Å². The second-order valence-corrected chi connectivity index (χ2v) is 7.21. The van der Waals surface area contributed by atoms with E-state index in [9.17, 15) is 8.42 Å². The summed E-state index contributed by atoms with van der Waals surface area (Å²) < 4.78 is 27.0. The zero-order valence-corrected chi connectivity index (χ0v) is 13.8. The van der Waals surface area contributed by atoms with Crippen LogP contribution in [0.1, 0.15) is 24.8 Å². The molecule has 1 aromatic carbocycles. The van der Waals surface area contributed by atoms with E-state index in [2.05, 4.69) is 0 Å². The molecule has 0 spiro atoms. The topological polar surface area (TPSA) is 63.4 Å². The van der Waals surface area contributed by atoms with Crippen molar-refractivity contribution in [3.8, 4) is 0 Å². The molecule has 0 amide bonds. The molecule has 1 aliphatic rings. The van der Waals surface area contributed by atoms with Gasteiger partial charge in [-0.25, -0.2) is 8.42 Å². The lowest BCUT2D eigenvalue weighted by molar-refractivity contribution is 0.257. The summed E-state index contributed by atoms with van der Waals surface area (Å²) >= 11 is 5.92. The number of hydrogen-bond donors (Lipinski definition) is 1. The summed E-state index contributed by atoms with van der Waals surface area (Å²) in [4.78, 5) is 0.292. The van der Waals surface area contributed by atoms with Crippen molar-refractivity contribution < 1.29 is 8.42 Å². The van der Waals surface area contributed by atoms with Crippen LogP contribution in [0, 0.1) is 6.92 Å². The van der Waals surface area contributed by atoms with Crippen molar-refractivity contribution >= 4 is 34.0 Å². The molecule has 2 rings (SSSR count). The largest absolute Gasteiger partial charge is 0.329 e. The van der Waals surface area contributed by atoms with Gasteiger partial charge >= 0.3 is 0 Å². The van der Waals surface area contributed by atoms with Crippen LogP contribution in [0.15, 0.2) is 23.1 Å². The fourth-order valence-electron chi connectivity index (χ4n) is 2.50. The van der Waals surface area contributed by atoms with E-state index in [1.54, 1.807) is 19.1 Å². The van der Waals surface area contributed by atoms with Gasteiger partial charge in [0, 0.05) is 24.2 Å². The van der Waals surface area contributed by atoms with Gasteiger partial charge in [0.15, 0.2) is 0 Å². The van der Waals surface area contributed by atoms with Crippen LogP contribution in [0.2, 0.25) is 5.02 Å². The van der Waals surface area contributed by atoms with Crippen LogP contribution in [-0.2, 0) is 10.0 Å². The van der Waals surface area contributed by atoms with Crippen molar-refractivity contribution in [2.24, 2.45) is 5.73 Å². The molecule has 0 aromatic heterocycles. The average Bonchev–Trinajstić information content (AvgIpc) is 2.41. The molecule has 1 aromatic rings. The third-order valence-electron chi connectivity index (χ3n) is 3.58. The van der Waals surface area contributed by atoms with Crippen LogP contribution in [0.25, 0.3) is 0 Å². The summed E-state index contributed by atoms with van der Waals surface area (Å²) in [7, 11) is -3.51. The molecule has 1 saturated heterocycles. The van der Waals surface area contributed by atoms with Crippen LogP contribution in [0.5, 0.6) is 0 Å². The van der Waals surface area contributed by atoms with Gasteiger partial charge in [-0.1, -0.05) is 24.1 Å². The number of sulfonamides is 1. The van der Waals surface area contributed by atoms with Gasteiger partial charge in [-0.2, -0.15) is 4.31 Å². The van der Waals surface area contributed by atoms with Crippen LogP contribution >= 0.6 is 24.0 Å². The first-order chi connectivity index (χ1) is 8.96. The van der Waals surface area contributed by atoms with E-state index in [4.69, 9.17) is 17.3 Å². The number of piperidine rings is 1. The number of aryl methyl sites for hydroxylation is 1. The molecule has 0 radical (unpaired) electrons. The Hall–Kier alpha value is -0.330. The lowest BCUT2D eigenvalue weighted by Gasteiger charge is -2.34. The molecule has 2 N–H and O–H groups in total. The van der Waals surface area contributed by atoms with E-state index >= 15 is 0 Å². The second kappa shape index (κ2) is 7.09. The molecule has 0 bridgehead atoms. The van der Waals surface area contributed by atoms with Gasteiger partial charge in [-0.3, -0.25) is 0 Å². The SMILES string of the molecule is Cc1ccc(Cl)cc1S(=O)(=O)N1CCCCC1CN.Cl. The number of nitrogens with two attached hydrogens (primary N) is 1. The Kier molecular flexibility index (Phi) is 6.28. The first-order valence-corrected chi connectivity index (χ1v) is 8.26. The molecule has 0 aliphatic carbocycles. The Labute approximate surface area is 131 Å². The standard InChI is InChI=1S/C13H19ClN2O2S.ClH/c1-10-5-6-11(14)8-13(10)19(17,18)16-7-3-2-4-12(16)9-15;/h5-6,8,12H,2-4,7,9,15H2,1H3;1H. The molecule has 1 heterocycles. The Morgan fingerprint density at radius 1 is 1.40 bits per heavy atom. The Balaban J connectivity index is 0.00000200. The molecular weight excluding hydrogens is 319 g/mol.